The Bertz CT molecular complexity index is 2260. The number of halogens is 3. The number of rotatable bonds is 15. The van der Waals surface area contributed by atoms with Gasteiger partial charge in [-0.15, -0.1) is 0 Å². The molecule has 1 amide bonds. The van der Waals surface area contributed by atoms with Gasteiger partial charge in [0.1, 0.15) is 18.2 Å². The molecule has 0 saturated carbocycles. The molecule has 6 rings (SSSR count). The van der Waals surface area contributed by atoms with E-state index in [2.05, 4.69) is 21.7 Å². The SMILES string of the molecule is N#Cc1ccc(Cn2cncc2CC(=O)N(C(=S)Nc2cccc(F)c2)[C@H](CNCc2cccc(Cl)c2Cl)Cc2ccc(OCc3ccccc3)cc2)cc1. The highest BCUT2D eigenvalue weighted by atomic mass is 35.5. The second-order valence-corrected chi connectivity index (χ2v) is 14.0. The van der Waals surface area contributed by atoms with E-state index in [1.807, 2.05) is 83.4 Å². The normalized spacial score (nSPS) is 11.4. The molecule has 0 spiro atoms. The van der Waals surface area contributed by atoms with E-state index < -0.39 is 11.9 Å². The summed E-state index contributed by atoms with van der Waals surface area (Å²) in [5.41, 5.74) is 5.39. The summed E-state index contributed by atoms with van der Waals surface area (Å²) in [5.74, 6) is -0.0147. The zero-order valence-corrected chi connectivity index (χ0v) is 32.0. The maximum Gasteiger partial charge on any atom is 0.235 e. The highest BCUT2D eigenvalue weighted by Gasteiger charge is 2.29. The fraction of sp³-hybridized carbons (Fsp3) is 0.163. The molecule has 8 nitrogen and oxygen atoms in total. The lowest BCUT2D eigenvalue weighted by Crippen LogP contribution is -2.52. The number of nitrogens with zero attached hydrogens (tertiary/aromatic N) is 4. The maximum absolute atomic E-state index is 14.6. The Labute approximate surface area is 335 Å². The fourth-order valence-corrected chi connectivity index (χ4v) is 6.80. The van der Waals surface area contributed by atoms with Crippen LogP contribution in [0.2, 0.25) is 10.0 Å². The van der Waals surface area contributed by atoms with Crippen molar-refractivity contribution in [1.82, 2.24) is 19.8 Å². The molecule has 0 saturated heterocycles. The van der Waals surface area contributed by atoms with E-state index in [9.17, 15) is 14.4 Å². The number of hydrogen-bond donors (Lipinski definition) is 2. The lowest BCUT2D eigenvalue weighted by atomic mass is 10.0. The highest BCUT2D eigenvalue weighted by Crippen LogP contribution is 2.26. The molecule has 0 aliphatic carbocycles. The molecule has 12 heteroatoms. The Morgan fingerprint density at radius 2 is 1.67 bits per heavy atom. The Kier molecular flexibility index (Phi) is 13.6. The van der Waals surface area contributed by atoms with Gasteiger partial charge in [-0.3, -0.25) is 9.69 Å². The molecule has 1 heterocycles. The van der Waals surface area contributed by atoms with Gasteiger partial charge in [0, 0.05) is 37.2 Å². The van der Waals surface area contributed by atoms with Crippen LogP contribution in [0.15, 0.2) is 134 Å². The van der Waals surface area contributed by atoms with Gasteiger partial charge in [-0.25, -0.2) is 9.37 Å². The third-order valence-electron chi connectivity index (χ3n) is 8.87. The standard InChI is InChI=1S/C43H37Cl2FN6O2S/c44-40-11-4-8-34(42(40)45)24-48-26-38(20-30-16-18-39(19-17-30)54-28-33-6-2-1-3-7-33)52(43(55)50-36-10-5-9-35(46)21-36)41(53)22-37-25-49-29-51(37)27-32-14-12-31(23-47)13-15-32/h1-19,21,25,29,38,48H,20,22,24,26-28H2,(H,50,55)/t38-/m0/s1. The molecular weight excluding hydrogens is 754 g/mol. The number of nitrogens with one attached hydrogen (secondary N) is 2. The van der Waals surface area contributed by atoms with E-state index in [-0.39, 0.29) is 17.4 Å². The van der Waals surface area contributed by atoms with Gasteiger partial charge in [0.05, 0.1) is 40.5 Å². The highest BCUT2D eigenvalue weighted by molar-refractivity contribution is 7.80. The number of hydrogen-bond acceptors (Lipinski definition) is 6. The molecule has 55 heavy (non-hydrogen) atoms. The van der Waals surface area contributed by atoms with Crippen LogP contribution in [0.3, 0.4) is 0 Å². The predicted molar refractivity (Wildman–Crippen MR) is 219 cm³/mol. The van der Waals surface area contributed by atoms with Gasteiger partial charge in [-0.1, -0.05) is 96.0 Å². The Morgan fingerprint density at radius 3 is 2.42 bits per heavy atom. The Balaban J connectivity index is 1.27. The van der Waals surface area contributed by atoms with Crippen molar-refractivity contribution in [2.24, 2.45) is 0 Å². The summed E-state index contributed by atoms with van der Waals surface area (Å²) in [4.78, 5) is 20.5. The lowest BCUT2D eigenvalue weighted by Gasteiger charge is -2.33. The van der Waals surface area contributed by atoms with Crippen LogP contribution < -0.4 is 15.4 Å². The number of anilines is 1. The fourth-order valence-electron chi connectivity index (χ4n) is 6.04. The molecule has 0 bridgehead atoms. The molecule has 0 aliphatic heterocycles. The van der Waals surface area contributed by atoms with Gasteiger partial charge in [0.15, 0.2) is 5.11 Å². The first-order valence-electron chi connectivity index (χ1n) is 17.5. The van der Waals surface area contributed by atoms with Crippen LogP contribution in [0.4, 0.5) is 10.1 Å². The molecule has 1 aromatic heterocycles. The summed E-state index contributed by atoms with van der Waals surface area (Å²) in [6.45, 7) is 1.58. The van der Waals surface area contributed by atoms with E-state index in [0.29, 0.717) is 65.4 Å². The molecule has 0 unspecified atom stereocenters. The lowest BCUT2D eigenvalue weighted by molar-refractivity contribution is -0.128. The molecule has 2 N–H and O–H groups in total. The van der Waals surface area contributed by atoms with Crippen molar-refractivity contribution < 1.29 is 13.9 Å². The predicted octanol–water partition coefficient (Wildman–Crippen LogP) is 9.00. The number of carbonyl (C=O) groups is 1. The van der Waals surface area contributed by atoms with Crippen molar-refractivity contribution in [3.05, 3.63) is 183 Å². The first kappa shape index (κ1) is 39.1. The van der Waals surface area contributed by atoms with Crippen LogP contribution in [0.25, 0.3) is 0 Å². The summed E-state index contributed by atoms with van der Waals surface area (Å²) in [6, 6.07) is 37.9. The minimum atomic E-state index is -0.509. The van der Waals surface area contributed by atoms with Crippen molar-refractivity contribution in [2.75, 3.05) is 11.9 Å². The molecule has 6 aromatic rings. The summed E-state index contributed by atoms with van der Waals surface area (Å²) in [5, 5.41) is 16.8. The Morgan fingerprint density at radius 1 is 0.927 bits per heavy atom. The largest absolute Gasteiger partial charge is 0.489 e. The number of nitriles is 1. The van der Waals surface area contributed by atoms with Crippen LogP contribution in [0.5, 0.6) is 5.75 Å². The van der Waals surface area contributed by atoms with E-state index in [4.69, 9.17) is 40.2 Å². The number of amides is 1. The zero-order chi connectivity index (χ0) is 38.6. The van der Waals surface area contributed by atoms with E-state index in [1.165, 1.54) is 12.1 Å². The molecule has 0 aliphatic rings. The first-order chi connectivity index (χ1) is 26.7. The van der Waals surface area contributed by atoms with Crippen molar-refractivity contribution in [1.29, 1.82) is 5.26 Å². The third kappa shape index (κ3) is 11.0. The van der Waals surface area contributed by atoms with Crippen molar-refractivity contribution in [2.45, 2.75) is 38.6 Å². The zero-order valence-electron chi connectivity index (χ0n) is 29.7. The molecule has 1 atom stereocenters. The van der Waals surface area contributed by atoms with Crippen LogP contribution in [-0.2, 0) is 37.3 Å². The molecular formula is C43H37Cl2FN6O2S. The average Bonchev–Trinajstić information content (AvgIpc) is 3.62. The number of aromatic nitrogens is 2. The number of benzene rings is 5. The van der Waals surface area contributed by atoms with Crippen LogP contribution in [0, 0.1) is 17.1 Å². The van der Waals surface area contributed by atoms with Crippen LogP contribution in [-0.4, -0.2) is 38.1 Å². The van der Waals surface area contributed by atoms with Gasteiger partial charge in [0.25, 0.3) is 0 Å². The summed E-state index contributed by atoms with van der Waals surface area (Å²) in [7, 11) is 0. The van der Waals surface area contributed by atoms with E-state index in [0.717, 1.165) is 22.3 Å². The number of imidazole rings is 1. The summed E-state index contributed by atoms with van der Waals surface area (Å²) in [6.07, 6.45) is 3.72. The Hall–Kier alpha value is -5.57. The topological polar surface area (TPSA) is 95.2 Å². The number of carbonyl (C=O) groups excluding carboxylic acids is 1. The van der Waals surface area contributed by atoms with E-state index >= 15 is 0 Å². The van der Waals surface area contributed by atoms with E-state index in [1.54, 1.807) is 47.8 Å². The minimum absolute atomic E-state index is 0.0237. The molecule has 0 radical (unpaired) electrons. The quantitative estimate of drug-likeness (QED) is 0.100. The summed E-state index contributed by atoms with van der Waals surface area (Å²) >= 11 is 18.8. The van der Waals surface area contributed by atoms with Gasteiger partial charge < -0.3 is 19.9 Å². The molecule has 0 fully saturated rings. The van der Waals surface area contributed by atoms with Gasteiger partial charge in [-0.05, 0) is 89.4 Å². The maximum atomic E-state index is 14.6. The summed E-state index contributed by atoms with van der Waals surface area (Å²) < 4.78 is 22.2. The van der Waals surface area contributed by atoms with Gasteiger partial charge in [0.2, 0.25) is 5.91 Å². The van der Waals surface area contributed by atoms with Crippen molar-refractivity contribution in [3.63, 3.8) is 0 Å². The number of ether oxygens (including phenoxy) is 1. The molecule has 5 aromatic carbocycles. The first-order valence-corrected chi connectivity index (χ1v) is 18.7. The number of thiocarbonyl (C=S) groups is 1. The van der Waals surface area contributed by atoms with Crippen LogP contribution >= 0.6 is 35.4 Å². The van der Waals surface area contributed by atoms with Crippen molar-refractivity contribution in [3.8, 4) is 11.8 Å². The van der Waals surface area contributed by atoms with Crippen LogP contribution in [0.1, 0.15) is 33.5 Å². The molecule has 278 valence electrons. The minimum Gasteiger partial charge on any atom is -0.489 e. The smallest absolute Gasteiger partial charge is 0.235 e. The van der Waals surface area contributed by atoms with Gasteiger partial charge >= 0.3 is 0 Å². The second-order valence-electron chi connectivity index (χ2n) is 12.8. The monoisotopic (exact) mass is 790 g/mol. The third-order valence-corrected chi connectivity index (χ3v) is 10.0. The van der Waals surface area contributed by atoms with Crippen molar-refractivity contribution >= 4 is 52.1 Å². The average molecular weight is 792 g/mol. The second kappa shape index (κ2) is 19.1. The van der Waals surface area contributed by atoms with Gasteiger partial charge in [-0.2, -0.15) is 5.26 Å².